The Kier molecular flexibility index (Phi) is 4.28. The van der Waals surface area contributed by atoms with Gasteiger partial charge in [0, 0.05) is 12.1 Å². The minimum absolute atomic E-state index is 0.167. The van der Waals surface area contributed by atoms with Crippen LogP contribution in [0.5, 0.6) is 0 Å². The molecule has 0 aromatic rings. The van der Waals surface area contributed by atoms with Gasteiger partial charge in [-0.3, -0.25) is 4.79 Å². The normalized spacial score (nSPS) is 34.1. The molecular formula is C14H27N3O. The van der Waals surface area contributed by atoms with Crippen molar-refractivity contribution >= 4 is 5.91 Å². The summed E-state index contributed by atoms with van der Waals surface area (Å²) in [5, 5.41) is 3.45. The van der Waals surface area contributed by atoms with E-state index in [1.54, 1.807) is 0 Å². The molecule has 1 saturated heterocycles. The number of carbonyl (C=O) groups excluding carboxylic acids is 1. The van der Waals surface area contributed by atoms with E-state index in [-0.39, 0.29) is 5.91 Å². The highest BCUT2D eigenvalue weighted by molar-refractivity contribution is 5.85. The molecule has 1 aliphatic carbocycles. The average Bonchev–Trinajstić information content (AvgIpc) is 2.81. The SMILES string of the molecule is CC(C)NC1(C(N)=O)CCCC(N2CCCC2)C1. The van der Waals surface area contributed by atoms with Crippen LogP contribution >= 0.6 is 0 Å². The predicted octanol–water partition coefficient (Wildman–Crippen LogP) is 1.25. The van der Waals surface area contributed by atoms with Crippen molar-refractivity contribution in [1.29, 1.82) is 0 Å². The molecule has 1 heterocycles. The van der Waals surface area contributed by atoms with Crippen LogP contribution in [0.25, 0.3) is 0 Å². The maximum atomic E-state index is 11.9. The minimum atomic E-state index is -0.473. The molecule has 1 amide bonds. The lowest BCUT2D eigenvalue weighted by atomic mass is 9.77. The van der Waals surface area contributed by atoms with Gasteiger partial charge in [0.15, 0.2) is 0 Å². The second-order valence-corrected chi connectivity index (χ2v) is 6.24. The maximum absolute atomic E-state index is 11.9. The van der Waals surface area contributed by atoms with E-state index in [0.29, 0.717) is 12.1 Å². The van der Waals surface area contributed by atoms with Crippen LogP contribution < -0.4 is 11.1 Å². The van der Waals surface area contributed by atoms with Crippen LogP contribution in [0.2, 0.25) is 0 Å². The van der Waals surface area contributed by atoms with E-state index in [4.69, 9.17) is 5.73 Å². The van der Waals surface area contributed by atoms with Crippen LogP contribution in [0.4, 0.5) is 0 Å². The third kappa shape index (κ3) is 2.86. The standard InChI is InChI=1S/C14H27N3O/c1-11(2)16-14(13(15)18)7-5-6-12(10-14)17-8-3-4-9-17/h11-12,16H,3-10H2,1-2H3,(H2,15,18). The monoisotopic (exact) mass is 253 g/mol. The van der Waals surface area contributed by atoms with Gasteiger partial charge in [-0.2, -0.15) is 0 Å². The van der Waals surface area contributed by atoms with Gasteiger partial charge >= 0.3 is 0 Å². The molecule has 0 aromatic heterocycles. The van der Waals surface area contributed by atoms with Gasteiger partial charge in [0.05, 0.1) is 5.54 Å². The van der Waals surface area contributed by atoms with Crippen LogP contribution in [-0.2, 0) is 4.79 Å². The Morgan fingerprint density at radius 2 is 2.00 bits per heavy atom. The highest BCUT2D eigenvalue weighted by Gasteiger charge is 2.43. The fourth-order valence-electron chi connectivity index (χ4n) is 3.64. The number of likely N-dealkylation sites (tertiary alicyclic amines) is 1. The summed E-state index contributed by atoms with van der Waals surface area (Å²) in [4.78, 5) is 14.5. The van der Waals surface area contributed by atoms with Crippen LogP contribution in [0, 0.1) is 0 Å². The fraction of sp³-hybridized carbons (Fsp3) is 0.929. The van der Waals surface area contributed by atoms with Gasteiger partial charge in [0.2, 0.25) is 5.91 Å². The summed E-state index contributed by atoms with van der Waals surface area (Å²) in [5.74, 6) is -0.167. The second-order valence-electron chi connectivity index (χ2n) is 6.24. The topological polar surface area (TPSA) is 58.4 Å². The van der Waals surface area contributed by atoms with Crippen molar-refractivity contribution in [2.45, 2.75) is 70.0 Å². The molecule has 2 fully saturated rings. The molecule has 1 saturated carbocycles. The summed E-state index contributed by atoms with van der Waals surface area (Å²) < 4.78 is 0. The Labute approximate surface area is 110 Å². The van der Waals surface area contributed by atoms with Crippen molar-refractivity contribution in [3.05, 3.63) is 0 Å². The smallest absolute Gasteiger partial charge is 0.237 e. The number of amides is 1. The van der Waals surface area contributed by atoms with E-state index in [1.807, 2.05) is 0 Å². The van der Waals surface area contributed by atoms with E-state index in [0.717, 1.165) is 19.3 Å². The molecule has 0 radical (unpaired) electrons. The minimum Gasteiger partial charge on any atom is -0.368 e. The van der Waals surface area contributed by atoms with Crippen molar-refractivity contribution in [3.8, 4) is 0 Å². The zero-order valence-corrected chi connectivity index (χ0v) is 11.7. The lowest BCUT2D eigenvalue weighted by Gasteiger charge is -2.43. The number of nitrogens with zero attached hydrogens (tertiary/aromatic N) is 1. The van der Waals surface area contributed by atoms with Crippen LogP contribution in [0.1, 0.15) is 52.4 Å². The first kappa shape index (κ1) is 13.8. The first-order valence-corrected chi connectivity index (χ1v) is 7.35. The van der Waals surface area contributed by atoms with Gasteiger partial charge in [-0.15, -0.1) is 0 Å². The number of nitrogens with one attached hydrogen (secondary N) is 1. The van der Waals surface area contributed by atoms with Crippen molar-refractivity contribution < 1.29 is 4.79 Å². The lowest BCUT2D eigenvalue weighted by molar-refractivity contribution is -0.127. The zero-order chi connectivity index (χ0) is 13.2. The predicted molar refractivity (Wildman–Crippen MR) is 73.3 cm³/mol. The molecule has 2 atom stereocenters. The Morgan fingerprint density at radius 1 is 1.33 bits per heavy atom. The lowest BCUT2D eigenvalue weighted by Crippen LogP contribution is -2.62. The molecule has 4 heteroatoms. The summed E-state index contributed by atoms with van der Waals surface area (Å²) >= 11 is 0. The highest BCUT2D eigenvalue weighted by Crippen LogP contribution is 2.33. The number of rotatable bonds is 4. The van der Waals surface area contributed by atoms with Gasteiger partial charge in [-0.1, -0.05) is 0 Å². The average molecular weight is 253 g/mol. The molecule has 0 aromatic carbocycles. The first-order valence-electron chi connectivity index (χ1n) is 7.35. The summed E-state index contributed by atoms with van der Waals surface area (Å²) in [6.45, 7) is 6.57. The zero-order valence-electron chi connectivity index (χ0n) is 11.7. The number of nitrogens with two attached hydrogens (primary N) is 1. The molecule has 0 bridgehead atoms. The number of hydrogen-bond acceptors (Lipinski definition) is 3. The van der Waals surface area contributed by atoms with Gasteiger partial charge in [-0.05, 0) is 65.5 Å². The van der Waals surface area contributed by atoms with Crippen molar-refractivity contribution in [1.82, 2.24) is 10.2 Å². The van der Waals surface area contributed by atoms with Crippen molar-refractivity contribution in [3.63, 3.8) is 0 Å². The van der Waals surface area contributed by atoms with Gasteiger partial charge in [0.1, 0.15) is 0 Å². The molecule has 104 valence electrons. The van der Waals surface area contributed by atoms with Gasteiger partial charge in [-0.25, -0.2) is 0 Å². The third-order valence-electron chi connectivity index (χ3n) is 4.42. The van der Waals surface area contributed by atoms with Gasteiger partial charge in [0.25, 0.3) is 0 Å². The Morgan fingerprint density at radius 3 is 2.56 bits per heavy atom. The summed E-state index contributed by atoms with van der Waals surface area (Å²) in [6, 6.07) is 0.842. The summed E-state index contributed by atoms with van der Waals surface area (Å²) in [5.41, 5.74) is 5.22. The van der Waals surface area contributed by atoms with Crippen LogP contribution in [-0.4, -0.2) is 41.5 Å². The molecule has 0 spiro atoms. The molecule has 1 aliphatic heterocycles. The molecule has 3 N–H and O–H groups in total. The third-order valence-corrected chi connectivity index (χ3v) is 4.42. The highest BCUT2D eigenvalue weighted by atomic mass is 16.1. The molecule has 2 aliphatic rings. The van der Waals surface area contributed by atoms with Crippen LogP contribution in [0.15, 0.2) is 0 Å². The first-order chi connectivity index (χ1) is 8.53. The maximum Gasteiger partial charge on any atom is 0.237 e. The Hall–Kier alpha value is -0.610. The second kappa shape index (κ2) is 5.57. The quantitative estimate of drug-likeness (QED) is 0.792. The number of carbonyl (C=O) groups is 1. The van der Waals surface area contributed by atoms with E-state index in [9.17, 15) is 4.79 Å². The van der Waals surface area contributed by atoms with Gasteiger partial charge < -0.3 is 16.0 Å². The molecule has 2 unspecified atom stereocenters. The number of primary amides is 1. The fourth-order valence-corrected chi connectivity index (χ4v) is 3.64. The Balaban J connectivity index is 2.07. The van der Waals surface area contributed by atoms with E-state index in [1.165, 1.54) is 32.4 Å². The van der Waals surface area contributed by atoms with E-state index in [2.05, 4.69) is 24.1 Å². The molecule has 18 heavy (non-hydrogen) atoms. The number of hydrogen-bond donors (Lipinski definition) is 2. The van der Waals surface area contributed by atoms with Crippen LogP contribution in [0.3, 0.4) is 0 Å². The molecular weight excluding hydrogens is 226 g/mol. The van der Waals surface area contributed by atoms with E-state index >= 15 is 0 Å². The summed E-state index contributed by atoms with van der Waals surface area (Å²) in [7, 11) is 0. The largest absolute Gasteiger partial charge is 0.368 e. The molecule has 4 nitrogen and oxygen atoms in total. The van der Waals surface area contributed by atoms with E-state index < -0.39 is 5.54 Å². The summed E-state index contributed by atoms with van der Waals surface area (Å²) in [6.07, 6.45) is 6.71. The Bertz CT molecular complexity index is 299. The molecule has 2 rings (SSSR count). The van der Waals surface area contributed by atoms with Crippen molar-refractivity contribution in [2.24, 2.45) is 5.73 Å². The van der Waals surface area contributed by atoms with Crippen molar-refractivity contribution in [2.75, 3.05) is 13.1 Å².